The Hall–Kier alpha value is -1.14. The lowest BCUT2D eigenvalue weighted by molar-refractivity contribution is 0.232. The standard InChI is InChI=1S/C15H24N4OS/c1-10-9-21-14(17-10)13(11-3-4-11)18-15(20)16-7-8-19(2)12-5-6-12/h9,11-13H,3-8H2,1-2H3,(H2,16,18,20)/t13-/m1/s1. The van der Waals surface area contributed by atoms with Gasteiger partial charge in [0.2, 0.25) is 0 Å². The van der Waals surface area contributed by atoms with E-state index in [1.54, 1.807) is 11.3 Å². The SMILES string of the molecule is Cc1csc([C@H](NC(=O)NCCN(C)C2CC2)C2CC2)n1. The number of carbonyl (C=O) groups excluding carboxylic acids is 1. The number of urea groups is 1. The minimum atomic E-state index is -0.0658. The summed E-state index contributed by atoms with van der Waals surface area (Å²) in [5.41, 5.74) is 1.04. The van der Waals surface area contributed by atoms with Crippen LogP contribution in [0.25, 0.3) is 0 Å². The lowest BCUT2D eigenvalue weighted by Gasteiger charge is -2.18. The molecule has 2 saturated carbocycles. The fraction of sp³-hybridized carbons (Fsp3) is 0.733. The lowest BCUT2D eigenvalue weighted by atomic mass is 10.2. The first-order chi connectivity index (χ1) is 10.1. The zero-order chi connectivity index (χ0) is 14.8. The Morgan fingerprint density at radius 2 is 2.24 bits per heavy atom. The largest absolute Gasteiger partial charge is 0.337 e. The highest BCUT2D eigenvalue weighted by atomic mass is 32.1. The summed E-state index contributed by atoms with van der Waals surface area (Å²) < 4.78 is 0. The van der Waals surface area contributed by atoms with Gasteiger partial charge in [0.15, 0.2) is 0 Å². The quantitative estimate of drug-likeness (QED) is 0.812. The van der Waals surface area contributed by atoms with Crippen LogP contribution in [0.4, 0.5) is 4.79 Å². The first-order valence-corrected chi connectivity index (χ1v) is 8.68. The van der Waals surface area contributed by atoms with Crippen molar-refractivity contribution in [1.29, 1.82) is 0 Å². The first-order valence-electron chi connectivity index (χ1n) is 7.80. The summed E-state index contributed by atoms with van der Waals surface area (Å²) in [4.78, 5) is 18.9. The van der Waals surface area contributed by atoms with Crippen LogP contribution in [0.5, 0.6) is 0 Å². The summed E-state index contributed by atoms with van der Waals surface area (Å²) in [7, 11) is 2.13. The lowest BCUT2D eigenvalue weighted by Crippen LogP contribution is -2.42. The summed E-state index contributed by atoms with van der Waals surface area (Å²) in [5, 5.41) is 9.17. The van der Waals surface area contributed by atoms with Crippen LogP contribution in [-0.4, -0.2) is 42.1 Å². The number of carbonyl (C=O) groups is 1. The zero-order valence-corrected chi connectivity index (χ0v) is 13.6. The number of aryl methyl sites for hydroxylation is 1. The highest BCUT2D eigenvalue weighted by molar-refractivity contribution is 7.09. The molecule has 0 saturated heterocycles. The normalized spacial score (nSPS) is 19.6. The molecule has 5 nitrogen and oxygen atoms in total. The van der Waals surface area contributed by atoms with Crippen molar-refractivity contribution in [2.75, 3.05) is 20.1 Å². The number of nitrogens with one attached hydrogen (secondary N) is 2. The summed E-state index contributed by atoms with van der Waals surface area (Å²) in [6, 6.07) is 0.765. The van der Waals surface area contributed by atoms with E-state index in [0.717, 1.165) is 23.3 Å². The molecular formula is C15H24N4OS. The molecule has 0 aliphatic heterocycles. The second-order valence-electron chi connectivity index (χ2n) is 6.25. The summed E-state index contributed by atoms with van der Waals surface area (Å²) >= 11 is 1.65. The Labute approximate surface area is 130 Å². The molecule has 2 fully saturated rings. The molecule has 6 heteroatoms. The van der Waals surface area contributed by atoms with E-state index in [9.17, 15) is 4.79 Å². The molecule has 1 aromatic rings. The van der Waals surface area contributed by atoms with Gasteiger partial charge < -0.3 is 15.5 Å². The van der Waals surface area contributed by atoms with Gasteiger partial charge in [-0.25, -0.2) is 9.78 Å². The molecule has 0 bridgehead atoms. The minimum absolute atomic E-state index is 0.0658. The van der Waals surface area contributed by atoms with Crippen molar-refractivity contribution in [2.24, 2.45) is 5.92 Å². The van der Waals surface area contributed by atoms with Crippen LogP contribution >= 0.6 is 11.3 Å². The average molecular weight is 308 g/mol. The first kappa shape index (κ1) is 14.8. The van der Waals surface area contributed by atoms with Gasteiger partial charge in [-0.2, -0.15) is 0 Å². The van der Waals surface area contributed by atoms with Crippen molar-refractivity contribution in [3.05, 3.63) is 16.1 Å². The van der Waals surface area contributed by atoms with Crippen molar-refractivity contribution in [2.45, 2.75) is 44.7 Å². The Morgan fingerprint density at radius 3 is 2.81 bits per heavy atom. The maximum Gasteiger partial charge on any atom is 0.315 e. The molecule has 21 heavy (non-hydrogen) atoms. The van der Waals surface area contributed by atoms with Crippen LogP contribution in [0.2, 0.25) is 0 Å². The molecule has 2 N–H and O–H groups in total. The van der Waals surface area contributed by atoms with Crippen molar-refractivity contribution < 1.29 is 4.79 Å². The molecule has 2 aliphatic rings. The van der Waals surface area contributed by atoms with E-state index in [4.69, 9.17) is 0 Å². The van der Waals surface area contributed by atoms with E-state index < -0.39 is 0 Å². The van der Waals surface area contributed by atoms with Crippen LogP contribution in [0.1, 0.15) is 42.4 Å². The molecule has 116 valence electrons. The monoisotopic (exact) mass is 308 g/mol. The maximum absolute atomic E-state index is 12.1. The van der Waals surface area contributed by atoms with Crippen LogP contribution in [0.3, 0.4) is 0 Å². The van der Waals surface area contributed by atoms with Gasteiger partial charge in [0.05, 0.1) is 6.04 Å². The molecule has 0 aromatic carbocycles. The number of hydrogen-bond donors (Lipinski definition) is 2. The summed E-state index contributed by atoms with van der Waals surface area (Å²) in [6.45, 7) is 3.62. The van der Waals surface area contributed by atoms with Crippen LogP contribution in [-0.2, 0) is 0 Å². The van der Waals surface area contributed by atoms with Gasteiger partial charge in [-0.15, -0.1) is 11.3 Å². The van der Waals surface area contributed by atoms with Gasteiger partial charge in [-0.3, -0.25) is 0 Å². The average Bonchev–Trinajstić information content (AvgIpc) is 3.34. The summed E-state index contributed by atoms with van der Waals surface area (Å²) in [5.74, 6) is 0.565. The Morgan fingerprint density at radius 1 is 1.48 bits per heavy atom. The second kappa shape index (κ2) is 6.32. The molecule has 0 radical (unpaired) electrons. The van der Waals surface area contributed by atoms with Crippen LogP contribution in [0.15, 0.2) is 5.38 Å². The molecule has 1 aromatic heterocycles. The van der Waals surface area contributed by atoms with Crippen LogP contribution < -0.4 is 10.6 Å². The minimum Gasteiger partial charge on any atom is -0.337 e. The topological polar surface area (TPSA) is 57.3 Å². The van der Waals surface area contributed by atoms with E-state index in [2.05, 4.69) is 32.9 Å². The molecule has 3 rings (SSSR count). The number of likely N-dealkylation sites (N-methyl/N-ethyl adjacent to an activating group) is 1. The number of rotatable bonds is 7. The Kier molecular flexibility index (Phi) is 4.45. The third-order valence-corrected chi connectivity index (χ3v) is 5.25. The van der Waals surface area contributed by atoms with Crippen molar-refractivity contribution in [3.8, 4) is 0 Å². The van der Waals surface area contributed by atoms with Crippen molar-refractivity contribution >= 4 is 17.4 Å². The molecule has 0 unspecified atom stereocenters. The molecule has 0 spiro atoms. The van der Waals surface area contributed by atoms with E-state index in [-0.39, 0.29) is 12.1 Å². The van der Waals surface area contributed by atoms with Gasteiger partial charge >= 0.3 is 6.03 Å². The van der Waals surface area contributed by atoms with Gasteiger partial charge in [0.25, 0.3) is 0 Å². The van der Waals surface area contributed by atoms with E-state index in [0.29, 0.717) is 12.5 Å². The number of thiazole rings is 1. The fourth-order valence-corrected chi connectivity index (χ4v) is 3.50. The maximum atomic E-state index is 12.1. The van der Waals surface area contributed by atoms with Crippen molar-refractivity contribution in [1.82, 2.24) is 20.5 Å². The van der Waals surface area contributed by atoms with E-state index in [1.807, 2.05) is 6.92 Å². The molecule has 2 aliphatic carbocycles. The predicted molar refractivity (Wildman–Crippen MR) is 84.5 cm³/mol. The molecule has 1 heterocycles. The van der Waals surface area contributed by atoms with E-state index in [1.165, 1.54) is 25.7 Å². The second-order valence-corrected chi connectivity index (χ2v) is 7.14. The number of amides is 2. The highest BCUT2D eigenvalue weighted by Crippen LogP contribution is 2.41. The highest BCUT2D eigenvalue weighted by Gasteiger charge is 2.35. The molecular weight excluding hydrogens is 284 g/mol. The van der Waals surface area contributed by atoms with Crippen LogP contribution in [0, 0.1) is 12.8 Å². The molecule has 2 amide bonds. The summed E-state index contributed by atoms with van der Waals surface area (Å²) in [6.07, 6.45) is 4.98. The van der Waals surface area contributed by atoms with Gasteiger partial charge in [0, 0.05) is 30.2 Å². The smallest absolute Gasteiger partial charge is 0.315 e. The Balaban J connectivity index is 1.45. The fourth-order valence-electron chi connectivity index (χ4n) is 2.56. The number of aromatic nitrogens is 1. The predicted octanol–water partition coefficient (Wildman–Crippen LogP) is 2.30. The van der Waals surface area contributed by atoms with Crippen molar-refractivity contribution in [3.63, 3.8) is 0 Å². The van der Waals surface area contributed by atoms with Gasteiger partial charge in [0.1, 0.15) is 5.01 Å². The third-order valence-electron chi connectivity index (χ3n) is 4.20. The zero-order valence-electron chi connectivity index (χ0n) is 12.8. The van der Waals surface area contributed by atoms with Gasteiger partial charge in [-0.1, -0.05) is 0 Å². The molecule has 1 atom stereocenters. The number of hydrogen-bond acceptors (Lipinski definition) is 4. The van der Waals surface area contributed by atoms with E-state index >= 15 is 0 Å². The number of nitrogens with zero attached hydrogens (tertiary/aromatic N) is 2. The third kappa shape index (κ3) is 4.17. The van der Waals surface area contributed by atoms with Gasteiger partial charge in [-0.05, 0) is 45.6 Å². The Bertz CT molecular complexity index is 496.